The number of fused-ring (bicyclic) bond motifs is 1. The van der Waals surface area contributed by atoms with Crippen LogP contribution in [0.1, 0.15) is 26.6 Å². The molecular formula is C10H13N3. The lowest BCUT2D eigenvalue weighted by Crippen LogP contribution is -2.12. The lowest BCUT2D eigenvalue weighted by atomic mass is 9.96. The second kappa shape index (κ2) is 2.55. The van der Waals surface area contributed by atoms with Crippen molar-refractivity contribution in [2.45, 2.75) is 26.2 Å². The number of nitrogens with zero attached hydrogens (tertiary/aromatic N) is 2. The van der Waals surface area contributed by atoms with Crippen molar-refractivity contribution < 1.29 is 0 Å². The second-order valence-electron chi connectivity index (χ2n) is 4.23. The summed E-state index contributed by atoms with van der Waals surface area (Å²) < 4.78 is 0. The van der Waals surface area contributed by atoms with Gasteiger partial charge < -0.3 is 4.98 Å². The SMILES string of the molecule is CC(C)(C)c1nc2cnccc2[nH]1. The molecule has 0 aliphatic rings. The number of H-pyrrole nitrogens is 1. The van der Waals surface area contributed by atoms with Crippen LogP contribution in [-0.4, -0.2) is 15.0 Å². The van der Waals surface area contributed by atoms with Gasteiger partial charge in [-0.25, -0.2) is 4.98 Å². The Labute approximate surface area is 77.2 Å². The van der Waals surface area contributed by atoms with Crippen LogP contribution in [0.2, 0.25) is 0 Å². The molecule has 0 aliphatic heterocycles. The van der Waals surface area contributed by atoms with Gasteiger partial charge in [-0.1, -0.05) is 20.8 Å². The van der Waals surface area contributed by atoms with Crippen molar-refractivity contribution >= 4 is 11.0 Å². The highest BCUT2D eigenvalue weighted by Crippen LogP contribution is 2.21. The van der Waals surface area contributed by atoms with Gasteiger partial charge in [-0.15, -0.1) is 0 Å². The minimum absolute atomic E-state index is 0.0685. The number of aromatic amines is 1. The van der Waals surface area contributed by atoms with Gasteiger partial charge in [0.1, 0.15) is 11.3 Å². The number of aromatic nitrogens is 3. The lowest BCUT2D eigenvalue weighted by Gasteiger charge is -2.13. The molecule has 3 nitrogen and oxygen atoms in total. The van der Waals surface area contributed by atoms with Gasteiger partial charge >= 0.3 is 0 Å². The normalized spacial score (nSPS) is 12.2. The summed E-state index contributed by atoms with van der Waals surface area (Å²) in [4.78, 5) is 11.8. The molecule has 0 bridgehead atoms. The van der Waals surface area contributed by atoms with E-state index in [0.717, 1.165) is 16.9 Å². The predicted octanol–water partition coefficient (Wildman–Crippen LogP) is 2.26. The van der Waals surface area contributed by atoms with Crippen LogP contribution in [0.5, 0.6) is 0 Å². The maximum Gasteiger partial charge on any atom is 0.112 e. The summed E-state index contributed by atoms with van der Waals surface area (Å²) in [7, 11) is 0. The highest BCUT2D eigenvalue weighted by atomic mass is 14.9. The second-order valence-corrected chi connectivity index (χ2v) is 4.23. The first-order valence-electron chi connectivity index (χ1n) is 4.37. The third-order valence-electron chi connectivity index (χ3n) is 2.00. The molecule has 2 rings (SSSR count). The van der Waals surface area contributed by atoms with E-state index in [1.54, 1.807) is 12.4 Å². The average molecular weight is 175 g/mol. The predicted molar refractivity (Wildman–Crippen MR) is 52.6 cm³/mol. The van der Waals surface area contributed by atoms with E-state index in [2.05, 4.69) is 35.7 Å². The molecule has 68 valence electrons. The third kappa shape index (κ3) is 1.41. The molecule has 0 amide bonds. The van der Waals surface area contributed by atoms with E-state index in [-0.39, 0.29) is 5.41 Å². The Morgan fingerprint density at radius 1 is 1.31 bits per heavy atom. The zero-order valence-corrected chi connectivity index (χ0v) is 8.13. The van der Waals surface area contributed by atoms with Gasteiger partial charge in [-0.05, 0) is 6.07 Å². The van der Waals surface area contributed by atoms with Crippen LogP contribution in [-0.2, 0) is 5.41 Å². The van der Waals surface area contributed by atoms with Gasteiger partial charge in [0.25, 0.3) is 0 Å². The molecule has 0 saturated heterocycles. The fraction of sp³-hybridized carbons (Fsp3) is 0.400. The first-order chi connectivity index (χ1) is 6.07. The number of rotatable bonds is 0. The Kier molecular flexibility index (Phi) is 1.62. The number of hydrogen-bond acceptors (Lipinski definition) is 2. The maximum absolute atomic E-state index is 4.47. The van der Waals surface area contributed by atoms with Crippen LogP contribution < -0.4 is 0 Å². The van der Waals surface area contributed by atoms with E-state index in [0.29, 0.717) is 0 Å². The molecule has 0 aliphatic carbocycles. The number of pyridine rings is 1. The minimum atomic E-state index is 0.0685. The Hall–Kier alpha value is -1.38. The highest BCUT2D eigenvalue weighted by Gasteiger charge is 2.17. The van der Waals surface area contributed by atoms with Gasteiger partial charge in [0.2, 0.25) is 0 Å². The average Bonchev–Trinajstić information content (AvgIpc) is 2.45. The van der Waals surface area contributed by atoms with Gasteiger partial charge in [0, 0.05) is 11.6 Å². The minimum Gasteiger partial charge on any atom is -0.341 e. The van der Waals surface area contributed by atoms with Crippen LogP contribution in [0.15, 0.2) is 18.5 Å². The lowest BCUT2D eigenvalue weighted by molar-refractivity contribution is 0.554. The molecule has 13 heavy (non-hydrogen) atoms. The molecule has 0 atom stereocenters. The summed E-state index contributed by atoms with van der Waals surface area (Å²) in [6.45, 7) is 6.41. The first-order valence-corrected chi connectivity index (χ1v) is 4.37. The van der Waals surface area contributed by atoms with Gasteiger partial charge in [0.05, 0.1) is 11.7 Å². The first kappa shape index (κ1) is 8.23. The Morgan fingerprint density at radius 3 is 2.69 bits per heavy atom. The molecule has 3 heteroatoms. The summed E-state index contributed by atoms with van der Waals surface area (Å²) >= 11 is 0. The van der Waals surface area contributed by atoms with Gasteiger partial charge in [-0.3, -0.25) is 4.98 Å². The summed E-state index contributed by atoms with van der Waals surface area (Å²) in [5.41, 5.74) is 2.06. The van der Waals surface area contributed by atoms with Gasteiger partial charge in [-0.2, -0.15) is 0 Å². The van der Waals surface area contributed by atoms with E-state index >= 15 is 0 Å². The summed E-state index contributed by atoms with van der Waals surface area (Å²) in [5, 5.41) is 0. The van der Waals surface area contributed by atoms with E-state index in [1.807, 2.05) is 6.07 Å². The van der Waals surface area contributed by atoms with Crippen molar-refractivity contribution in [3.05, 3.63) is 24.3 Å². The fourth-order valence-corrected chi connectivity index (χ4v) is 1.21. The Balaban J connectivity index is 2.63. The molecule has 2 heterocycles. The van der Waals surface area contributed by atoms with Crippen molar-refractivity contribution in [2.75, 3.05) is 0 Å². The number of imidazole rings is 1. The molecule has 0 saturated carbocycles. The van der Waals surface area contributed by atoms with Crippen LogP contribution in [0.3, 0.4) is 0 Å². The smallest absolute Gasteiger partial charge is 0.112 e. The monoisotopic (exact) mass is 175 g/mol. The molecule has 2 aromatic heterocycles. The fourth-order valence-electron chi connectivity index (χ4n) is 1.21. The summed E-state index contributed by atoms with van der Waals surface area (Å²) in [6.07, 6.45) is 3.55. The van der Waals surface area contributed by atoms with E-state index < -0.39 is 0 Å². The molecule has 0 spiro atoms. The quantitative estimate of drug-likeness (QED) is 0.667. The van der Waals surface area contributed by atoms with Crippen LogP contribution in [0.4, 0.5) is 0 Å². The molecule has 2 aromatic rings. The van der Waals surface area contributed by atoms with Crippen LogP contribution in [0, 0.1) is 0 Å². The van der Waals surface area contributed by atoms with Gasteiger partial charge in [0.15, 0.2) is 0 Å². The molecule has 0 fully saturated rings. The van der Waals surface area contributed by atoms with E-state index in [9.17, 15) is 0 Å². The Bertz CT molecular complexity index is 390. The third-order valence-corrected chi connectivity index (χ3v) is 2.00. The maximum atomic E-state index is 4.47. The zero-order valence-electron chi connectivity index (χ0n) is 8.13. The van der Waals surface area contributed by atoms with E-state index in [4.69, 9.17) is 0 Å². The summed E-state index contributed by atoms with van der Waals surface area (Å²) in [6, 6.07) is 1.94. The largest absolute Gasteiger partial charge is 0.341 e. The molecular weight excluding hydrogens is 162 g/mol. The topological polar surface area (TPSA) is 41.6 Å². The molecule has 1 N–H and O–H groups in total. The highest BCUT2D eigenvalue weighted by molar-refractivity contribution is 5.73. The van der Waals surface area contributed by atoms with Crippen LogP contribution in [0.25, 0.3) is 11.0 Å². The van der Waals surface area contributed by atoms with E-state index in [1.165, 1.54) is 0 Å². The summed E-state index contributed by atoms with van der Waals surface area (Å²) in [5.74, 6) is 1.01. The van der Waals surface area contributed by atoms with Crippen molar-refractivity contribution in [1.29, 1.82) is 0 Å². The zero-order chi connectivity index (χ0) is 9.47. The molecule has 0 radical (unpaired) electrons. The van der Waals surface area contributed by atoms with Crippen molar-refractivity contribution in [2.24, 2.45) is 0 Å². The van der Waals surface area contributed by atoms with Crippen molar-refractivity contribution in [3.63, 3.8) is 0 Å². The standard InChI is InChI=1S/C10H13N3/c1-10(2,3)9-12-7-4-5-11-6-8(7)13-9/h4-6H,1-3H3,(H,12,13). The molecule has 0 aromatic carbocycles. The van der Waals surface area contributed by atoms with Crippen molar-refractivity contribution in [1.82, 2.24) is 15.0 Å². The molecule has 0 unspecified atom stereocenters. The van der Waals surface area contributed by atoms with Crippen LogP contribution >= 0.6 is 0 Å². The number of nitrogens with one attached hydrogen (secondary N) is 1. The van der Waals surface area contributed by atoms with Crippen molar-refractivity contribution in [3.8, 4) is 0 Å². The number of hydrogen-bond donors (Lipinski definition) is 1. The Morgan fingerprint density at radius 2 is 2.08 bits per heavy atom.